The fraction of sp³-hybridized carbons (Fsp3) is 0. The number of azo groups is 1. The van der Waals surface area contributed by atoms with Gasteiger partial charge in [0.1, 0.15) is 12.5 Å². The molecule has 0 aromatic carbocycles. The third kappa shape index (κ3) is 5.33. The first-order valence-corrected chi connectivity index (χ1v) is 1.85. The van der Waals surface area contributed by atoms with Crippen molar-refractivity contribution in [2.75, 3.05) is 0 Å². The molecule has 0 bridgehead atoms. The van der Waals surface area contributed by atoms with Crippen molar-refractivity contribution in [3.63, 3.8) is 0 Å². The highest BCUT2D eigenvalue weighted by atomic mass is 35.5. The van der Waals surface area contributed by atoms with E-state index in [2.05, 4.69) is 15.0 Å². The van der Waals surface area contributed by atoms with Crippen molar-refractivity contribution in [1.82, 2.24) is 0 Å². The summed E-state index contributed by atoms with van der Waals surface area (Å²) in [5.41, 5.74) is 0. The molecule has 1 heterocycles. The standard InChI is InChI=1S/C4H4N2O.2ClH/c1-3-7-4-2-6-5-1;;/h1-4H;2*1H. The van der Waals surface area contributed by atoms with E-state index in [9.17, 15) is 0 Å². The van der Waals surface area contributed by atoms with Crippen LogP contribution < -0.4 is 0 Å². The van der Waals surface area contributed by atoms with Crippen LogP contribution in [0.2, 0.25) is 0 Å². The fourth-order valence-corrected chi connectivity index (χ4v) is 0.247. The topological polar surface area (TPSA) is 34.0 Å². The molecule has 0 aromatic heterocycles. The van der Waals surface area contributed by atoms with Crippen LogP contribution in [0.1, 0.15) is 0 Å². The monoisotopic (exact) mass is 168 g/mol. The Balaban J connectivity index is 0. The lowest BCUT2D eigenvalue weighted by Gasteiger charge is -1.77. The quantitative estimate of drug-likeness (QED) is 0.547. The Hall–Kier alpha value is -0.540. The van der Waals surface area contributed by atoms with E-state index < -0.39 is 0 Å². The summed E-state index contributed by atoms with van der Waals surface area (Å²) in [5.74, 6) is 0. The zero-order valence-electron chi connectivity index (χ0n) is 4.43. The van der Waals surface area contributed by atoms with Gasteiger partial charge in [0.05, 0.1) is 12.4 Å². The summed E-state index contributed by atoms with van der Waals surface area (Å²) in [4.78, 5) is 0. The summed E-state index contributed by atoms with van der Waals surface area (Å²) in [6.07, 6.45) is 5.85. The molecule has 0 saturated carbocycles. The van der Waals surface area contributed by atoms with Gasteiger partial charge in [-0.05, 0) is 0 Å². The number of halogens is 2. The molecule has 0 aromatic rings. The van der Waals surface area contributed by atoms with Gasteiger partial charge >= 0.3 is 0 Å². The van der Waals surface area contributed by atoms with Gasteiger partial charge < -0.3 is 4.74 Å². The predicted octanol–water partition coefficient (Wildman–Crippen LogP) is 2.25. The van der Waals surface area contributed by atoms with Crippen LogP contribution in [0.15, 0.2) is 35.2 Å². The molecule has 9 heavy (non-hydrogen) atoms. The molecule has 3 nitrogen and oxygen atoms in total. The van der Waals surface area contributed by atoms with Crippen LogP contribution in [-0.2, 0) is 4.74 Å². The lowest BCUT2D eigenvalue weighted by atomic mass is 11.0. The second kappa shape index (κ2) is 7.46. The summed E-state index contributed by atoms with van der Waals surface area (Å²) in [6, 6.07) is 0. The van der Waals surface area contributed by atoms with Crippen molar-refractivity contribution >= 4 is 24.8 Å². The average Bonchev–Trinajstić information content (AvgIpc) is 1.90. The Morgan fingerprint density at radius 2 is 1.33 bits per heavy atom. The number of hydrogen-bond acceptors (Lipinski definition) is 3. The summed E-state index contributed by atoms with van der Waals surface area (Å²) < 4.78 is 4.65. The van der Waals surface area contributed by atoms with Crippen LogP contribution in [-0.4, -0.2) is 0 Å². The van der Waals surface area contributed by atoms with Crippen molar-refractivity contribution in [2.24, 2.45) is 10.2 Å². The first-order chi connectivity index (χ1) is 3.50. The van der Waals surface area contributed by atoms with Crippen molar-refractivity contribution in [3.8, 4) is 0 Å². The van der Waals surface area contributed by atoms with Crippen molar-refractivity contribution in [2.45, 2.75) is 0 Å². The molecule has 5 heteroatoms. The summed E-state index contributed by atoms with van der Waals surface area (Å²) >= 11 is 0. The highest BCUT2D eigenvalue weighted by Crippen LogP contribution is 1.88. The molecule has 0 unspecified atom stereocenters. The Labute approximate surface area is 65.3 Å². The first-order valence-electron chi connectivity index (χ1n) is 1.85. The smallest absolute Gasteiger partial charge is 0.110 e. The van der Waals surface area contributed by atoms with Gasteiger partial charge in [-0.3, -0.25) is 0 Å². The van der Waals surface area contributed by atoms with E-state index in [4.69, 9.17) is 0 Å². The lowest BCUT2D eigenvalue weighted by molar-refractivity contribution is 0.402. The van der Waals surface area contributed by atoms with Crippen LogP contribution in [0.4, 0.5) is 0 Å². The molecule has 52 valence electrons. The maximum atomic E-state index is 4.65. The first kappa shape index (κ1) is 11.3. The summed E-state index contributed by atoms with van der Waals surface area (Å²) in [5, 5.41) is 7.01. The minimum absolute atomic E-state index is 0. The number of nitrogens with zero attached hydrogens (tertiary/aromatic N) is 2. The molecular weight excluding hydrogens is 163 g/mol. The van der Waals surface area contributed by atoms with E-state index in [1.54, 1.807) is 0 Å². The second-order valence-corrected chi connectivity index (χ2v) is 0.937. The van der Waals surface area contributed by atoms with Crippen LogP contribution >= 0.6 is 24.8 Å². The van der Waals surface area contributed by atoms with E-state index in [0.717, 1.165) is 0 Å². The average molecular weight is 169 g/mol. The van der Waals surface area contributed by atoms with Crippen LogP contribution in [0.25, 0.3) is 0 Å². The Kier molecular flexibility index (Phi) is 9.35. The largest absolute Gasteiger partial charge is 0.469 e. The normalized spacial score (nSPS) is 12.4. The van der Waals surface area contributed by atoms with Gasteiger partial charge in [-0.25, -0.2) is 0 Å². The van der Waals surface area contributed by atoms with Crippen molar-refractivity contribution in [3.05, 3.63) is 24.9 Å². The third-order valence-corrected chi connectivity index (χ3v) is 0.479. The fourth-order valence-electron chi connectivity index (χ4n) is 0.247. The van der Waals surface area contributed by atoms with Crippen LogP contribution in [0.5, 0.6) is 0 Å². The maximum Gasteiger partial charge on any atom is 0.110 e. The van der Waals surface area contributed by atoms with Gasteiger partial charge in [0.2, 0.25) is 0 Å². The Morgan fingerprint density at radius 1 is 0.889 bits per heavy atom. The third-order valence-electron chi connectivity index (χ3n) is 0.479. The Morgan fingerprint density at radius 3 is 1.78 bits per heavy atom. The van der Waals surface area contributed by atoms with E-state index >= 15 is 0 Å². The molecule has 0 N–H and O–H groups in total. The van der Waals surface area contributed by atoms with Gasteiger partial charge in [-0.1, -0.05) is 0 Å². The SMILES string of the molecule is C1=COC=CN=N1.Cl.Cl. The maximum absolute atomic E-state index is 4.65. The molecule has 0 aliphatic carbocycles. The van der Waals surface area contributed by atoms with Gasteiger partial charge in [0.15, 0.2) is 0 Å². The molecule has 0 radical (unpaired) electrons. The number of rotatable bonds is 0. The molecule has 1 rings (SSSR count). The van der Waals surface area contributed by atoms with Crippen LogP contribution in [0, 0.1) is 0 Å². The van der Waals surface area contributed by atoms with E-state index in [1.807, 2.05) is 0 Å². The zero-order chi connectivity index (χ0) is 4.95. The van der Waals surface area contributed by atoms with E-state index in [0.29, 0.717) is 0 Å². The number of hydrogen-bond donors (Lipinski definition) is 0. The van der Waals surface area contributed by atoms with E-state index in [1.165, 1.54) is 24.9 Å². The van der Waals surface area contributed by atoms with Gasteiger partial charge in [0.25, 0.3) is 0 Å². The van der Waals surface area contributed by atoms with Gasteiger partial charge in [-0.15, -0.1) is 24.8 Å². The molecule has 1 aliphatic heterocycles. The highest BCUT2D eigenvalue weighted by Gasteiger charge is 1.71. The zero-order valence-corrected chi connectivity index (χ0v) is 6.06. The molecule has 0 saturated heterocycles. The summed E-state index contributed by atoms with van der Waals surface area (Å²) in [6.45, 7) is 0. The van der Waals surface area contributed by atoms with Gasteiger partial charge in [0, 0.05) is 0 Å². The van der Waals surface area contributed by atoms with Crippen LogP contribution in [0.3, 0.4) is 0 Å². The number of ether oxygens (including phenoxy) is 1. The molecule has 0 atom stereocenters. The highest BCUT2D eigenvalue weighted by molar-refractivity contribution is 5.85. The van der Waals surface area contributed by atoms with Crippen molar-refractivity contribution < 1.29 is 4.74 Å². The van der Waals surface area contributed by atoms with Gasteiger partial charge in [-0.2, -0.15) is 10.2 Å². The molecule has 0 amide bonds. The molecule has 0 spiro atoms. The predicted molar refractivity (Wildman–Crippen MR) is 38.7 cm³/mol. The summed E-state index contributed by atoms with van der Waals surface area (Å²) in [7, 11) is 0. The lowest BCUT2D eigenvalue weighted by Crippen LogP contribution is -1.56. The molecule has 1 aliphatic rings. The molecular formula is C4H6Cl2N2O. The van der Waals surface area contributed by atoms with E-state index in [-0.39, 0.29) is 24.8 Å². The molecule has 0 fully saturated rings. The minimum Gasteiger partial charge on any atom is -0.469 e. The van der Waals surface area contributed by atoms with Crippen molar-refractivity contribution in [1.29, 1.82) is 0 Å². The Bertz CT molecular complexity index is 119. The minimum atomic E-state index is 0. The second-order valence-electron chi connectivity index (χ2n) is 0.937.